The molecule has 1 fully saturated rings. The molecule has 1 N–H and O–H groups in total. The molecule has 1 atom stereocenters. The topological polar surface area (TPSA) is 89.0 Å². The van der Waals surface area contributed by atoms with Gasteiger partial charge in [0.05, 0.1) is 18.8 Å². The van der Waals surface area contributed by atoms with E-state index in [1.54, 1.807) is 37.1 Å². The number of aryl methyl sites for hydroxylation is 2. The van der Waals surface area contributed by atoms with Crippen LogP contribution in [0, 0.1) is 0 Å². The van der Waals surface area contributed by atoms with Crippen molar-refractivity contribution in [2.75, 3.05) is 31.1 Å². The number of nitrogens with one attached hydrogen (secondary N) is 1. The van der Waals surface area contributed by atoms with E-state index in [4.69, 9.17) is 10.1 Å². The summed E-state index contributed by atoms with van der Waals surface area (Å²) in [5, 5.41) is 13.0. The number of halogens is 2. The van der Waals surface area contributed by atoms with E-state index in [0.29, 0.717) is 36.7 Å². The van der Waals surface area contributed by atoms with Crippen molar-refractivity contribution in [1.29, 1.82) is 0 Å². The number of anilines is 2. The number of carbonyl (C=O) groups excluding carboxylic acids is 1. The van der Waals surface area contributed by atoms with E-state index >= 15 is 0 Å². The Kier molecular flexibility index (Phi) is 7.42. The molecule has 242 valence electrons. The van der Waals surface area contributed by atoms with Crippen LogP contribution in [-0.4, -0.2) is 66.1 Å². The van der Waals surface area contributed by atoms with Gasteiger partial charge in [-0.2, -0.15) is 10.2 Å². The number of rotatable bonds is 5. The Balaban J connectivity index is 1.18. The number of hydrogen-bond donors (Lipinski definition) is 1. The number of amides is 1. The lowest BCUT2D eigenvalue weighted by Gasteiger charge is -2.33. The van der Waals surface area contributed by atoms with Crippen molar-refractivity contribution >= 4 is 17.4 Å². The highest BCUT2D eigenvalue weighted by Crippen LogP contribution is 2.44. The lowest BCUT2D eigenvalue weighted by molar-refractivity contribution is -0.129. The van der Waals surface area contributed by atoms with Gasteiger partial charge in [-0.05, 0) is 68.5 Å². The molecule has 1 aromatic carbocycles. The minimum atomic E-state index is -2.63. The zero-order valence-electron chi connectivity index (χ0n) is 26.6. The molecule has 1 amide bonds. The second kappa shape index (κ2) is 11.6. The number of fused-ring (bicyclic) bond motifs is 3. The van der Waals surface area contributed by atoms with Crippen molar-refractivity contribution in [3.05, 3.63) is 64.6 Å². The largest absolute Gasteiger partial charge is 0.338 e. The van der Waals surface area contributed by atoms with Gasteiger partial charge in [-0.25, -0.2) is 13.8 Å². The molecule has 46 heavy (non-hydrogen) atoms. The number of aromatic nitrogens is 6. The van der Waals surface area contributed by atoms with Crippen LogP contribution in [0.15, 0.2) is 30.7 Å². The zero-order valence-corrected chi connectivity index (χ0v) is 26.6. The number of nitrogens with zero attached hydrogens (tertiary/aromatic N) is 8. The third kappa shape index (κ3) is 5.01. The van der Waals surface area contributed by atoms with Crippen molar-refractivity contribution in [3.63, 3.8) is 0 Å². The van der Waals surface area contributed by atoms with Gasteiger partial charge in [-0.3, -0.25) is 14.2 Å². The van der Waals surface area contributed by atoms with Gasteiger partial charge in [-0.1, -0.05) is 0 Å². The van der Waals surface area contributed by atoms with Crippen molar-refractivity contribution < 1.29 is 13.6 Å². The molecule has 0 radical (unpaired) electrons. The Morgan fingerprint density at radius 1 is 1.07 bits per heavy atom. The SMILES string of the molecule is CC(=O)N1CCc2c(c(N3CCCc4cc(-c5cnn(C)c5)c(C(F)F)cc43)nn2C2CCn3c(cnc3C3CCNCC3)C2)C1. The van der Waals surface area contributed by atoms with Crippen LogP contribution in [0.4, 0.5) is 20.3 Å². The van der Waals surface area contributed by atoms with E-state index < -0.39 is 6.43 Å². The molecule has 7 heterocycles. The van der Waals surface area contributed by atoms with Crippen LogP contribution in [0.25, 0.3) is 11.1 Å². The normalized spacial score (nSPS) is 20.2. The Bertz CT molecular complexity index is 1780. The van der Waals surface area contributed by atoms with Crippen molar-refractivity contribution in [1.82, 2.24) is 39.3 Å². The van der Waals surface area contributed by atoms with Crippen LogP contribution in [0.3, 0.4) is 0 Å². The highest BCUT2D eigenvalue weighted by molar-refractivity contribution is 5.78. The maximum atomic E-state index is 14.6. The van der Waals surface area contributed by atoms with Crippen molar-refractivity contribution in [2.45, 2.75) is 83.3 Å². The molecule has 4 aliphatic rings. The van der Waals surface area contributed by atoms with Gasteiger partial charge in [0, 0.05) is 98.5 Å². The smallest absolute Gasteiger partial charge is 0.264 e. The molecule has 4 aromatic rings. The number of hydrogen-bond acceptors (Lipinski definition) is 6. The summed E-state index contributed by atoms with van der Waals surface area (Å²) in [5.41, 5.74) is 6.50. The lowest BCUT2D eigenvalue weighted by atomic mass is 9.92. The van der Waals surface area contributed by atoms with Crippen molar-refractivity contribution in [2.24, 2.45) is 7.05 Å². The maximum absolute atomic E-state index is 14.6. The van der Waals surface area contributed by atoms with Gasteiger partial charge in [0.2, 0.25) is 5.91 Å². The molecular formula is C34H41F2N9O. The monoisotopic (exact) mass is 629 g/mol. The van der Waals surface area contributed by atoms with Gasteiger partial charge in [0.15, 0.2) is 5.82 Å². The second-order valence-corrected chi connectivity index (χ2v) is 13.3. The molecule has 1 saturated heterocycles. The van der Waals surface area contributed by atoms with Gasteiger partial charge >= 0.3 is 0 Å². The van der Waals surface area contributed by atoms with Crippen LogP contribution < -0.4 is 10.2 Å². The summed E-state index contributed by atoms with van der Waals surface area (Å²) in [6.07, 6.45) is 9.31. The Morgan fingerprint density at radius 3 is 2.67 bits per heavy atom. The fourth-order valence-electron chi connectivity index (χ4n) is 8.16. The lowest BCUT2D eigenvalue weighted by Crippen LogP contribution is -2.36. The molecule has 3 aromatic heterocycles. The first kappa shape index (κ1) is 29.3. The minimum Gasteiger partial charge on any atom is -0.338 e. The van der Waals surface area contributed by atoms with Gasteiger partial charge in [0.25, 0.3) is 6.43 Å². The predicted molar refractivity (Wildman–Crippen MR) is 170 cm³/mol. The first-order chi connectivity index (χ1) is 22.4. The quantitative estimate of drug-likeness (QED) is 0.332. The molecule has 12 heteroatoms. The van der Waals surface area contributed by atoms with Gasteiger partial charge in [0.1, 0.15) is 5.82 Å². The fraction of sp³-hybridized carbons (Fsp3) is 0.529. The summed E-state index contributed by atoms with van der Waals surface area (Å²) >= 11 is 0. The first-order valence-corrected chi connectivity index (χ1v) is 16.7. The molecule has 0 aliphatic carbocycles. The molecule has 0 saturated carbocycles. The highest BCUT2D eigenvalue weighted by atomic mass is 19.3. The first-order valence-electron chi connectivity index (χ1n) is 16.7. The minimum absolute atomic E-state index is 0.00223. The average molecular weight is 630 g/mol. The summed E-state index contributed by atoms with van der Waals surface area (Å²) in [4.78, 5) is 21.5. The van der Waals surface area contributed by atoms with E-state index in [2.05, 4.69) is 30.8 Å². The van der Waals surface area contributed by atoms with Crippen LogP contribution in [0.5, 0.6) is 0 Å². The molecule has 10 nitrogen and oxygen atoms in total. The van der Waals surface area contributed by atoms with Crippen LogP contribution in [0.2, 0.25) is 0 Å². The summed E-state index contributed by atoms with van der Waals surface area (Å²) < 4.78 is 35.5. The summed E-state index contributed by atoms with van der Waals surface area (Å²) in [5.74, 6) is 2.56. The van der Waals surface area contributed by atoms with E-state index in [0.717, 1.165) is 92.9 Å². The molecule has 4 aliphatic heterocycles. The Hall–Kier alpha value is -4.06. The maximum Gasteiger partial charge on any atom is 0.264 e. The van der Waals surface area contributed by atoms with E-state index in [-0.39, 0.29) is 17.5 Å². The summed E-state index contributed by atoms with van der Waals surface area (Å²) in [7, 11) is 1.79. The number of benzene rings is 1. The second-order valence-electron chi connectivity index (χ2n) is 13.3. The predicted octanol–water partition coefficient (Wildman–Crippen LogP) is 5.06. The van der Waals surface area contributed by atoms with Crippen molar-refractivity contribution in [3.8, 4) is 11.1 Å². The zero-order chi connectivity index (χ0) is 31.5. The van der Waals surface area contributed by atoms with Crippen LogP contribution >= 0.6 is 0 Å². The van der Waals surface area contributed by atoms with E-state index in [9.17, 15) is 13.6 Å². The molecule has 8 rings (SSSR count). The average Bonchev–Trinajstić information content (AvgIpc) is 3.80. The highest BCUT2D eigenvalue weighted by Gasteiger charge is 2.35. The third-order valence-corrected chi connectivity index (χ3v) is 10.5. The molecule has 0 spiro atoms. The number of imidazole rings is 1. The molecular weight excluding hydrogens is 588 g/mol. The molecule has 0 bridgehead atoms. The van der Waals surface area contributed by atoms with Crippen LogP contribution in [0.1, 0.15) is 84.9 Å². The number of piperidine rings is 1. The number of carbonyl (C=O) groups is 1. The molecule has 1 unspecified atom stereocenters. The summed E-state index contributed by atoms with van der Waals surface area (Å²) in [6, 6.07) is 3.76. The van der Waals surface area contributed by atoms with Gasteiger partial charge < -0.3 is 19.7 Å². The Labute approximate surface area is 267 Å². The van der Waals surface area contributed by atoms with E-state index in [1.807, 2.05) is 11.0 Å². The Morgan fingerprint density at radius 2 is 1.91 bits per heavy atom. The fourth-order valence-corrected chi connectivity index (χ4v) is 8.16. The number of alkyl halides is 2. The van der Waals surface area contributed by atoms with Crippen LogP contribution in [-0.2, 0) is 44.2 Å². The third-order valence-electron chi connectivity index (χ3n) is 10.5. The van der Waals surface area contributed by atoms with Gasteiger partial charge in [-0.15, -0.1) is 0 Å². The summed E-state index contributed by atoms with van der Waals surface area (Å²) in [6.45, 7) is 6.41. The standard InChI is InChI=1S/C34H41F2N9O/c1-21(46)42-12-8-30-29(20-42)34(40-45(30)25-7-13-43-26(15-25)18-38-33(43)22-5-9-37-10-6-22)44-11-3-4-23-14-27(24-17-39-41(2)19-24)28(32(35)36)16-31(23)44/h14,16-19,22,25,32,37H,3-13,15,20H2,1-2H3. The van der Waals surface area contributed by atoms with E-state index in [1.165, 1.54) is 11.5 Å².